The lowest BCUT2D eigenvalue weighted by Crippen LogP contribution is -2.22. The maximum atomic E-state index is 13.3. The van der Waals surface area contributed by atoms with Gasteiger partial charge in [0.05, 0.1) is 18.9 Å². The third kappa shape index (κ3) is 4.60. The predicted octanol–water partition coefficient (Wildman–Crippen LogP) is 3.08. The van der Waals surface area contributed by atoms with E-state index in [0.29, 0.717) is 24.2 Å². The van der Waals surface area contributed by atoms with E-state index in [1.165, 1.54) is 31.6 Å². The molecule has 156 valence electrons. The number of carbonyl (C=O) groups excluding carboxylic acids is 1. The predicted molar refractivity (Wildman–Crippen MR) is 115 cm³/mol. The molecule has 7 nitrogen and oxygen atoms in total. The molecule has 1 aromatic heterocycles. The van der Waals surface area contributed by atoms with Crippen molar-refractivity contribution in [2.75, 3.05) is 11.8 Å². The molecule has 1 heterocycles. The van der Waals surface area contributed by atoms with E-state index in [9.17, 15) is 13.2 Å². The number of nitrogens with one attached hydrogen (secondary N) is 1. The van der Waals surface area contributed by atoms with Crippen LogP contribution in [-0.2, 0) is 22.9 Å². The first-order valence-corrected chi connectivity index (χ1v) is 10.8. The van der Waals surface area contributed by atoms with Gasteiger partial charge in [-0.3, -0.25) is 14.5 Å². The highest BCUT2D eigenvalue weighted by Gasteiger charge is 2.26. The fourth-order valence-corrected chi connectivity index (χ4v) is 4.80. The van der Waals surface area contributed by atoms with E-state index >= 15 is 0 Å². The second kappa shape index (κ2) is 8.96. The zero-order valence-corrected chi connectivity index (χ0v) is 17.6. The van der Waals surface area contributed by atoms with Gasteiger partial charge in [0.25, 0.3) is 10.0 Å². The molecular weight excluding hydrogens is 402 g/mol. The van der Waals surface area contributed by atoms with Crippen molar-refractivity contribution < 1.29 is 17.9 Å². The number of anilines is 1. The fraction of sp³-hybridized carbons (Fsp3) is 0.182. The van der Waals surface area contributed by atoms with E-state index < -0.39 is 15.9 Å². The Hall–Kier alpha value is -3.39. The Bertz CT molecular complexity index is 1180. The molecule has 0 aliphatic heterocycles. The van der Waals surface area contributed by atoms with Crippen LogP contribution >= 0.6 is 0 Å². The monoisotopic (exact) mass is 425 g/mol. The molecule has 0 saturated carbocycles. The maximum Gasteiger partial charge on any atom is 0.263 e. The number of sulfonamides is 1. The van der Waals surface area contributed by atoms with Gasteiger partial charge in [-0.2, -0.15) is 0 Å². The second-order valence-electron chi connectivity index (χ2n) is 6.77. The molecule has 2 aromatic carbocycles. The van der Waals surface area contributed by atoms with Crippen molar-refractivity contribution in [1.29, 1.82) is 0 Å². The molecule has 0 aliphatic rings. The van der Waals surface area contributed by atoms with Gasteiger partial charge in [0.15, 0.2) is 0 Å². The molecule has 0 bridgehead atoms. The van der Waals surface area contributed by atoms with Crippen molar-refractivity contribution in [3.05, 3.63) is 83.2 Å². The molecule has 0 spiro atoms. The number of hydrogen-bond acceptors (Lipinski definition) is 5. The van der Waals surface area contributed by atoms with Crippen LogP contribution < -0.4 is 15.2 Å². The number of aryl methyl sites for hydroxylation is 3. The number of nitrogens with zero attached hydrogens (tertiary/aromatic N) is 1. The summed E-state index contributed by atoms with van der Waals surface area (Å²) in [7, 11) is -2.71. The number of benzene rings is 2. The zero-order chi connectivity index (χ0) is 21.7. The van der Waals surface area contributed by atoms with Crippen LogP contribution in [0.2, 0.25) is 0 Å². The summed E-state index contributed by atoms with van der Waals surface area (Å²) >= 11 is 0. The van der Waals surface area contributed by atoms with Gasteiger partial charge in [0.1, 0.15) is 16.3 Å². The summed E-state index contributed by atoms with van der Waals surface area (Å²) in [5.41, 5.74) is 8.33. The topological polar surface area (TPSA) is 111 Å². The van der Waals surface area contributed by atoms with Crippen LogP contribution in [0.3, 0.4) is 0 Å². The number of carbonyl (C=O) groups is 1. The molecule has 0 fully saturated rings. The third-order valence-electron chi connectivity index (χ3n) is 4.80. The number of methoxy groups -OCH3 is 1. The number of hydrogen-bond donors (Lipinski definition) is 2. The van der Waals surface area contributed by atoms with Crippen LogP contribution in [0.4, 0.5) is 5.69 Å². The SMILES string of the molecule is COc1ccncc1NS(=O)(=O)c1c(CCc2ccccc2C)cccc1C(N)=O. The van der Waals surface area contributed by atoms with Crippen molar-refractivity contribution in [2.45, 2.75) is 24.7 Å². The quantitative estimate of drug-likeness (QED) is 0.576. The van der Waals surface area contributed by atoms with Crippen LogP contribution in [0.15, 0.2) is 65.8 Å². The van der Waals surface area contributed by atoms with Crippen molar-refractivity contribution in [2.24, 2.45) is 5.73 Å². The summed E-state index contributed by atoms with van der Waals surface area (Å²) in [5, 5.41) is 0. The average molecular weight is 426 g/mol. The molecule has 0 saturated heterocycles. The van der Waals surface area contributed by atoms with Crippen LogP contribution in [0.5, 0.6) is 5.75 Å². The highest BCUT2D eigenvalue weighted by atomic mass is 32.2. The number of nitrogens with two attached hydrogens (primary N) is 1. The second-order valence-corrected chi connectivity index (χ2v) is 8.39. The molecule has 1 amide bonds. The standard InChI is InChI=1S/C22H23N3O4S/c1-15-6-3-4-7-16(15)10-11-17-8-5-9-18(22(23)26)21(17)30(27,28)25-19-14-24-13-12-20(19)29-2/h3-9,12-14,25H,10-11H2,1-2H3,(H2,23,26). The van der Waals surface area contributed by atoms with Gasteiger partial charge in [-0.1, -0.05) is 36.4 Å². The number of amides is 1. The smallest absolute Gasteiger partial charge is 0.263 e. The Balaban J connectivity index is 2.03. The summed E-state index contributed by atoms with van der Waals surface area (Å²) in [5.74, 6) is -0.502. The lowest BCUT2D eigenvalue weighted by atomic mass is 9.99. The summed E-state index contributed by atoms with van der Waals surface area (Å²) in [4.78, 5) is 15.8. The van der Waals surface area contributed by atoms with E-state index in [1.807, 2.05) is 31.2 Å². The molecule has 0 atom stereocenters. The molecule has 0 aliphatic carbocycles. The lowest BCUT2D eigenvalue weighted by Gasteiger charge is -2.16. The highest BCUT2D eigenvalue weighted by molar-refractivity contribution is 7.92. The summed E-state index contributed by atoms with van der Waals surface area (Å²) < 4.78 is 34.3. The molecule has 8 heteroatoms. The van der Waals surface area contributed by atoms with Crippen LogP contribution in [0.1, 0.15) is 27.0 Å². The van der Waals surface area contributed by atoms with Gasteiger partial charge >= 0.3 is 0 Å². The van der Waals surface area contributed by atoms with Crippen molar-refractivity contribution >= 4 is 21.6 Å². The van der Waals surface area contributed by atoms with E-state index in [0.717, 1.165) is 11.1 Å². The molecule has 3 rings (SSSR count). The Morgan fingerprint density at radius 2 is 1.77 bits per heavy atom. The fourth-order valence-electron chi connectivity index (χ4n) is 3.29. The summed E-state index contributed by atoms with van der Waals surface area (Å²) in [6, 6.07) is 14.2. The number of aromatic nitrogens is 1. The van der Waals surface area contributed by atoms with Gasteiger partial charge in [0, 0.05) is 12.3 Å². The Kier molecular flexibility index (Phi) is 6.37. The number of primary amides is 1. The van der Waals surface area contributed by atoms with Crippen LogP contribution in [0.25, 0.3) is 0 Å². The summed E-state index contributed by atoms with van der Waals surface area (Å²) in [6.07, 6.45) is 3.87. The first kappa shape index (κ1) is 21.3. The van der Waals surface area contributed by atoms with Crippen molar-refractivity contribution in [1.82, 2.24) is 4.98 Å². The minimum atomic E-state index is -4.14. The van der Waals surface area contributed by atoms with Crippen molar-refractivity contribution in [3.8, 4) is 5.75 Å². The largest absolute Gasteiger partial charge is 0.494 e. The Labute approximate surface area is 176 Å². The first-order valence-electron chi connectivity index (χ1n) is 9.30. The van der Waals surface area contributed by atoms with Crippen LogP contribution in [-0.4, -0.2) is 26.4 Å². The molecule has 3 aromatic rings. The van der Waals surface area contributed by atoms with Crippen LogP contribution in [0, 0.1) is 6.92 Å². The molecular formula is C22H23N3O4S. The normalized spacial score (nSPS) is 11.1. The van der Waals surface area contributed by atoms with Gasteiger partial charge in [0.2, 0.25) is 5.91 Å². The summed E-state index contributed by atoms with van der Waals surface area (Å²) in [6.45, 7) is 2.00. The zero-order valence-electron chi connectivity index (χ0n) is 16.8. The molecule has 0 radical (unpaired) electrons. The van der Waals surface area contributed by atoms with Crippen molar-refractivity contribution in [3.63, 3.8) is 0 Å². The van der Waals surface area contributed by atoms with Gasteiger partial charge in [-0.15, -0.1) is 0 Å². The first-order chi connectivity index (χ1) is 14.3. The minimum absolute atomic E-state index is 0.0624. The van der Waals surface area contributed by atoms with Gasteiger partial charge in [-0.05, 0) is 42.5 Å². The third-order valence-corrected chi connectivity index (χ3v) is 6.31. The van der Waals surface area contributed by atoms with Gasteiger partial charge in [-0.25, -0.2) is 8.42 Å². The molecule has 3 N–H and O–H groups in total. The minimum Gasteiger partial charge on any atom is -0.494 e. The molecule has 30 heavy (non-hydrogen) atoms. The van der Waals surface area contributed by atoms with E-state index in [1.54, 1.807) is 12.1 Å². The van der Waals surface area contributed by atoms with E-state index in [-0.39, 0.29) is 16.1 Å². The Morgan fingerprint density at radius 1 is 1.07 bits per heavy atom. The molecule has 0 unspecified atom stereocenters. The van der Waals surface area contributed by atoms with Gasteiger partial charge < -0.3 is 10.5 Å². The number of ether oxygens (including phenoxy) is 1. The highest BCUT2D eigenvalue weighted by Crippen LogP contribution is 2.29. The Morgan fingerprint density at radius 3 is 2.47 bits per heavy atom. The van der Waals surface area contributed by atoms with E-state index in [2.05, 4.69) is 9.71 Å². The number of pyridine rings is 1. The number of rotatable bonds is 8. The lowest BCUT2D eigenvalue weighted by molar-refractivity contribution is 0.0997. The van der Waals surface area contributed by atoms with E-state index in [4.69, 9.17) is 10.5 Å². The average Bonchev–Trinajstić information content (AvgIpc) is 2.73. The maximum absolute atomic E-state index is 13.3.